The molecule has 0 fully saturated rings. The lowest BCUT2D eigenvalue weighted by Gasteiger charge is -2.35. The molecule has 0 saturated carbocycles. The van der Waals surface area contributed by atoms with Crippen molar-refractivity contribution in [1.82, 2.24) is 4.90 Å². The van der Waals surface area contributed by atoms with E-state index in [-0.39, 0.29) is 46.2 Å². The lowest BCUT2D eigenvalue weighted by atomic mass is 9.85. The summed E-state index contributed by atoms with van der Waals surface area (Å²) in [6.45, 7) is -6.56. The highest BCUT2D eigenvalue weighted by Gasteiger charge is 2.34. The molecular formula is C23H22F4N2O6. The summed E-state index contributed by atoms with van der Waals surface area (Å²) < 4.78 is 60.8. The Balaban J connectivity index is 2.42. The van der Waals surface area contributed by atoms with Gasteiger partial charge in [-0.2, -0.15) is 17.6 Å². The number of carbonyl (C=O) groups excluding carboxylic acids is 1. The summed E-state index contributed by atoms with van der Waals surface area (Å²) in [5, 5.41) is 32.5. The zero-order chi connectivity index (χ0) is 26.1. The number of benzene rings is 2. The number of aldehydes is 1. The van der Waals surface area contributed by atoms with E-state index >= 15 is 0 Å². The Morgan fingerprint density at radius 3 is 2.31 bits per heavy atom. The van der Waals surface area contributed by atoms with Gasteiger partial charge in [-0.3, -0.25) is 9.69 Å². The van der Waals surface area contributed by atoms with Gasteiger partial charge in [0.25, 0.3) is 0 Å². The van der Waals surface area contributed by atoms with E-state index < -0.39 is 42.0 Å². The molecule has 0 radical (unpaired) electrons. The summed E-state index contributed by atoms with van der Waals surface area (Å²) in [4.78, 5) is 13.0. The van der Waals surface area contributed by atoms with E-state index in [1.54, 1.807) is 14.1 Å². The second kappa shape index (κ2) is 9.84. The average Bonchev–Trinajstić information content (AvgIpc) is 2.77. The van der Waals surface area contributed by atoms with Crippen LogP contribution in [0.25, 0.3) is 16.7 Å². The zero-order valence-electron chi connectivity index (χ0n) is 18.5. The van der Waals surface area contributed by atoms with Crippen molar-refractivity contribution in [3.63, 3.8) is 0 Å². The molecule has 2 aromatic carbocycles. The van der Waals surface area contributed by atoms with Crippen LogP contribution in [0.5, 0.6) is 17.2 Å². The van der Waals surface area contributed by atoms with E-state index in [4.69, 9.17) is 5.73 Å². The van der Waals surface area contributed by atoms with Crippen LogP contribution in [0.2, 0.25) is 0 Å². The summed E-state index contributed by atoms with van der Waals surface area (Å²) in [7, 11) is 3.09. The van der Waals surface area contributed by atoms with E-state index in [1.807, 2.05) is 0 Å². The van der Waals surface area contributed by atoms with Crippen LogP contribution in [0.1, 0.15) is 22.3 Å². The SMILES string of the molecule is CN(C)C1(O)C=C(c2c(O)c(C=O)cc(N)c2-c2cc(OC(F)F)ccc2OC(F)F)C(O)=CC1. The quantitative estimate of drug-likeness (QED) is 0.141. The molecule has 0 amide bonds. The number of hydrogen-bond donors (Lipinski definition) is 4. The van der Waals surface area contributed by atoms with Gasteiger partial charge < -0.3 is 30.5 Å². The molecule has 8 nitrogen and oxygen atoms in total. The van der Waals surface area contributed by atoms with Crippen molar-refractivity contribution in [2.75, 3.05) is 19.8 Å². The molecule has 35 heavy (non-hydrogen) atoms. The van der Waals surface area contributed by atoms with Crippen LogP contribution >= 0.6 is 0 Å². The number of phenolic OH excluding ortho intramolecular Hbond substituents is 1. The van der Waals surface area contributed by atoms with Crippen LogP contribution in [-0.2, 0) is 0 Å². The minimum Gasteiger partial charge on any atom is -0.508 e. The summed E-state index contributed by atoms with van der Waals surface area (Å²) in [6.07, 6.45) is 2.65. The number of aromatic hydroxyl groups is 1. The largest absolute Gasteiger partial charge is 0.508 e. The van der Waals surface area contributed by atoms with Crippen molar-refractivity contribution in [3.05, 3.63) is 53.3 Å². The molecule has 2 aromatic rings. The van der Waals surface area contributed by atoms with Crippen molar-refractivity contribution in [1.29, 1.82) is 0 Å². The highest BCUT2D eigenvalue weighted by molar-refractivity contribution is 6.01. The standard InChI is InChI=1S/C23H22F4N2O6/c1-29(2)23(33)6-5-16(31)14(9-23)19-18(15(28)7-11(10-30)20(19)32)13-8-12(34-21(24)25)3-4-17(13)35-22(26)27/h3-5,7-10,21-22,31-33H,6,28H2,1-2H3. The number of anilines is 1. The Bertz CT molecular complexity index is 1200. The molecule has 3 rings (SSSR count). The predicted octanol–water partition coefficient (Wildman–Crippen LogP) is 4.14. The van der Waals surface area contributed by atoms with Crippen molar-refractivity contribution in [2.45, 2.75) is 25.4 Å². The lowest BCUT2D eigenvalue weighted by molar-refractivity contribution is -0.0526. The molecule has 1 atom stereocenters. The third kappa shape index (κ3) is 5.17. The first-order valence-corrected chi connectivity index (χ1v) is 10.0. The molecule has 0 heterocycles. The number of aliphatic hydroxyl groups excluding tert-OH is 1. The topological polar surface area (TPSA) is 125 Å². The van der Waals surface area contributed by atoms with Gasteiger partial charge in [0.05, 0.1) is 5.56 Å². The number of ether oxygens (including phenoxy) is 2. The van der Waals surface area contributed by atoms with Gasteiger partial charge in [-0.15, -0.1) is 0 Å². The maximum Gasteiger partial charge on any atom is 0.387 e. The average molecular weight is 498 g/mol. The van der Waals surface area contributed by atoms with E-state index in [0.29, 0.717) is 0 Å². The third-order valence-electron chi connectivity index (χ3n) is 5.44. The van der Waals surface area contributed by atoms with Crippen molar-refractivity contribution >= 4 is 17.5 Å². The second-order valence-electron chi connectivity index (χ2n) is 7.81. The van der Waals surface area contributed by atoms with Crippen LogP contribution in [-0.4, -0.2) is 59.5 Å². The first kappa shape index (κ1) is 25.8. The summed E-state index contributed by atoms with van der Waals surface area (Å²) >= 11 is 0. The number of halogens is 4. The number of alkyl halides is 4. The molecule has 5 N–H and O–H groups in total. The Morgan fingerprint density at radius 1 is 1.09 bits per heavy atom. The molecule has 0 bridgehead atoms. The van der Waals surface area contributed by atoms with Gasteiger partial charge in [-0.1, -0.05) is 0 Å². The number of aliphatic hydroxyl groups is 2. The minimum atomic E-state index is -3.32. The fraction of sp³-hybridized carbons (Fsp3) is 0.261. The number of nitrogen functional groups attached to an aromatic ring is 1. The van der Waals surface area contributed by atoms with Gasteiger partial charge in [-0.25, -0.2) is 0 Å². The van der Waals surface area contributed by atoms with Gasteiger partial charge in [-0.05, 0) is 50.5 Å². The van der Waals surface area contributed by atoms with Crippen molar-refractivity contribution in [2.24, 2.45) is 0 Å². The Morgan fingerprint density at radius 2 is 1.74 bits per heavy atom. The number of rotatable bonds is 8. The monoisotopic (exact) mass is 498 g/mol. The van der Waals surface area contributed by atoms with E-state index in [2.05, 4.69) is 9.47 Å². The molecule has 0 spiro atoms. The van der Waals surface area contributed by atoms with Crippen molar-refractivity contribution in [3.8, 4) is 28.4 Å². The number of nitrogens with two attached hydrogens (primary N) is 1. The first-order valence-electron chi connectivity index (χ1n) is 10.0. The molecule has 12 heteroatoms. The fourth-order valence-corrected chi connectivity index (χ4v) is 3.67. The van der Waals surface area contributed by atoms with Crippen LogP contribution in [0.15, 0.2) is 42.2 Å². The highest BCUT2D eigenvalue weighted by atomic mass is 19.3. The highest BCUT2D eigenvalue weighted by Crippen LogP contribution is 2.48. The summed E-state index contributed by atoms with van der Waals surface area (Å²) in [5.41, 5.74) is 2.84. The van der Waals surface area contributed by atoms with Crippen LogP contribution < -0.4 is 15.2 Å². The first-order chi connectivity index (χ1) is 16.4. The van der Waals surface area contributed by atoms with Crippen LogP contribution in [0, 0.1) is 0 Å². The van der Waals surface area contributed by atoms with E-state index in [1.165, 1.54) is 17.1 Å². The van der Waals surface area contributed by atoms with Gasteiger partial charge in [0.2, 0.25) is 0 Å². The molecule has 1 aliphatic carbocycles. The summed E-state index contributed by atoms with van der Waals surface area (Å²) in [5.74, 6) is -2.09. The molecule has 1 aliphatic rings. The number of hydrogen-bond acceptors (Lipinski definition) is 8. The second-order valence-corrected chi connectivity index (χ2v) is 7.81. The maximum absolute atomic E-state index is 13.1. The number of carbonyl (C=O) groups is 1. The molecule has 1 unspecified atom stereocenters. The lowest BCUT2D eigenvalue weighted by Crippen LogP contribution is -2.43. The molecule has 188 valence electrons. The maximum atomic E-state index is 13.1. The minimum absolute atomic E-state index is 0.0499. The van der Waals surface area contributed by atoms with E-state index in [0.717, 1.165) is 24.3 Å². The number of allylic oxidation sites excluding steroid dienone is 1. The molecule has 0 aliphatic heterocycles. The molecule has 0 aromatic heterocycles. The third-order valence-corrected chi connectivity index (χ3v) is 5.44. The zero-order valence-corrected chi connectivity index (χ0v) is 18.5. The summed E-state index contributed by atoms with van der Waals surface area (Å²) in [6, 6.07) is 3.87. The smallest absolute Gasteiger partial charge is 0.387 e. The van der Waals surface area contributed by atoms with Gasteiger partial charge in [0, 0.05) is 34.4 Å². The molecular weight excluding hydrogens is 476 g/mol. The van der Waals surface area contributed by atoms with Crippen LogP contribution in [0.3, 0.4) is 0 Å². The number of nitrogens with zero attached hydrogens (tertiary/aromatic N) is 1. The van der Waals surface area contributed by atoms with Gasteiger partial charge >= 0.3 is 13.2 Å². The van der Waals surface area contributed by atoms with Crippen molar-refractivity contribution < 1.29 is 47.1 Å². The fourth-order valence-electron chi connectivity index (χ4n) is 3.67. The van der Waals surface area contributed by atoms with E-state index in [9.17, 15) is 37.7 Å². The Kier molecular flexibility index (Phi) is 7.27. The van der Waals surface area contributed by atoms with Gasteiger partial charge in [0.15, 0.2) is 6.29 Å². The number of phenols is 1. The Hall–Kier alpha value is -3.77. The molecule has 0 saturated heterocycles. The normalized spacial score (nSPS) is 18.0. The Labute approximate surface area is 197 Å². The predicted molar refractivity (Wildman–Crippen MR) is 119 cm³/mol. The van der Waals surface area contributed by atoms with Gasteiger partial charge in [0.1, 0.15) is 28.7 Å². The number of likely N-dealkylation sites (N-methyl/N-ethyl adjacent to an activating group) is 1. The van der Waals surface area contributed by atoms with Crippen LogP contribution in [0.4, 0.5) is 23.2 Å².